The number of likely N-dealkylation sites (N-methyl/N-ethyl adjacent to an activating group) is 1. The summed E-state index contributed by atoms with van der Waals surface area (Å²) in [7, 11) is 3.49. The third-order valence-electron chi connectivity index (χ3n) is 2.44. The number of nitrogens with one attached hydrogen (secondary N) is 1. The first-order chi connectivity index (χ1) is 8.01. The van der Waals surface area contributed by atoms with Gasteiger partial charge in [-0.1, -0.05) is 6.92 Å². The maximum absolute atomic E-state index is 11.6. The van der Waals surface area contributed by atoms with E-state index in [2.05, 4.69) is 17.2 Å². The summed E-state index contributed by atoms with van der Waals surface area (Å²) < 4.78 is 0. The Morgan fingerprint density at radius 3 is 2.35 bits per heavy atom. The molecule has 0 aliphatic heterocycles. The first kappa shape index (κ1) is 15.9. The number of hydrogen-bond acceptors (Lipinski definition) is 4. The highest BCUT2D eigenvalue weighted by atomic mass is 16.2. The van der Waals surface area contributed by atoms with Crippen molar-refractivity contribution in [1.29, 1.82) is 0 Å². The fourth-order valence-electron chi connectivity index (χ4n) is 1.45. The number of hydrazine groups is 1. The molecule has 0 aliphatic rings. The average Bonchev–Trinajstić information content (AvgIpc) is 2.28. The summed E-state index contributed by atoms with van der Waals surface area (Å²) >= 11 is 0. The molecule has 0 aliphatic carbocycles. The number of nitrogens with zero attached hydrogens (tertiary/aromatic N) is 2. The number of rotatable bonds is 8. The van der Waals surface area contributed by atoms with E-state index in [4.69, 9.17) is 5.84 Å². The summed E-state index contributed by atoms with van der Waals surface area (Å²) in [5.41, 5.74) is 2.10. The molecule has 0 aromatic rings. The van der Waals surface area contributed by atoms with Crippen molar-refractivity contribution >= 4 is 11.8 Å². The quantitative estimate of drug-likeness (QED) is 0.344. The summed E-state index contributed by atoms with van der Waals surface area (Å²) in [6.07, 6.45) is 2.10. The van der Waals surface area contributed by atoms with Crippen LogP contribution < -0.4 is 11.3 Å². The van der Waals surface area contributed by atoms with Gasteiger partial charge < -0.3 is 4.90 Å². The van der Waals surface area contributed by atoms with Crippen LogP contribution in [0.1, 0.15) is 26.2 Å². The monoisotopic (exact) mass is 244 g/mol. The van der Waals surface area contributed by atoms with Gasteiger partial charge in [0.25, 0.3) is 0 Å². The molecule has 6 heteroatoms. The largest absolute Gasteiger partial charge is 0.348 e. The Morgan fingerprint density at radius 2 is 1.88 bits per heavy atom. The molecule has 0 aromatic carbocycles. The lowest BCUT2D eigenvalue weighted by Crippen LogP contribution is -2.38. The molecule has 100 valence electrons. The standard InChI is InChI=1S/C11H24N4O2/c1-4-7-15(9-11(17)14(2)3)8-5-6-10(16)13-12/h4-9,12H2,1-3H3,(H,13,16). The summed E-state index contributed by atoms with van der Waals surface area (Å²) in [5.74, 6) is 4.91. The summed E-state index contributed by atoms with van der Waals surface area (Å²) in [5, 5.41) is 0. The molecule has 0 spiro atoms. The van der Waals surface area contributed by atoms with Crippen molar-refractivity contribution in [1.82, 2.24) is 15.2 Å². The van der Waals surface area contributed by atoms with E-state index >= 15 is 0 Å². The lowest BCUT2D eigenvalue weighted by atomic mass is 10.2. The van der Waals surface area contributed by atoms with Gasteiger partial charge >= 0.3 is 0 Å². The van der Waals surface area contributed by atoms with Gasteiger partial charge in [0.15, 0.2) is 0 Å². The first-order valence-corrected chi connectivity index (χ1v) is 5.93. The van der Waals surface area contributed by atoms with Gasteiger partial charge in [-0.25, -0.2) is 5.84 Å². The molecular weight excluding hydrogens is 220 g/mol. The molecule has 0 atom stereocenters. The summed E-state index contributed by atoms with van der Waals surface area (Å²) in [4.78, 5) is 26.2. The third kappa shape index (κ3) is 7.70. The fourth-order valence-corrected chi connectivity index (χ4v) is 1.45. The van der Waals surface area contributed by atoms with Crippen molar-refractivity contribution in [2.75, 3.05) is 33.7 Å². The van der Waals surface area contributed by atoms with Crippen molar-refractivity contribution in [2.45, 2.75) is 26.2 Å². The zero-order chi connectivity index (χ0) is 13.3. The molecule has 2 amide bonds. The normalized spacial score (nSPS) is 10.4. The Hall–Kier alpha value is -1.14. The molecule has 0 aromatic heterocycles. The second-order valence-corrected chi connectivity index (χ2v) is 4.24. The second kappa shape index (κ2) is 8.95. The van der Waals surface area contributed by atoms with Gasteiger partial charge in [0.1, 0.15) is 0 Å². The van der Waals surface area contributed by atoms with Crippen molar-refractivity contribution in [3.05, 3.63) is 0 Å². The lowest BCUT2D eigenvalue weighted by Gasteiger charge is -2.22. The van der Waals surface area contributed by atoms with Crippen LogP contribution in [0.5, 0.6) is 0 Å². The lowest BCUT2D eigenvalue weighted by molar-refractivity contribution is -0.129. The minimum Gasteiger partial charge on any atom is -0.348 e. The van der Waals surface area contributed by atoms with Crippen LogP contribution >= 0.6 is 0 Å². The Morgan fingerprint density at radius 1 is 1.24 bits per heavy atom. The number of carbonyl (C=O) groups is 2. The average molecular weight is 244 g/mol. The molecule has 0 saturated carbocycles. The molecular formula is C11H24N4O2. The van der Waals surface area contributed by atoms with E-state index in [0.717, 1.165) is 19.5 Å². The van der Waals surface area contributed by atoms with Gasteiger partial charge in [-0.3, -0.25) is 19.9 Å². The number of hydrogen-bond donors (Lipinski definition) is 2. The van der Waals surface area contributed by atoms with E-state index in [1.807, 2.05) is 0 Å². The van der Waals surface area contributed by atoms with Gasteiger partial charge in [-0.15, -0.1) is 0 Å². The second-order valence-electron chi connectivity index (χ2n) is 4.24. The number of amides is 2. The van der Waals surface area contributed by atoms with Gasteiger partial charge in [0.05, 0.1) is 6.54 Å². The Labute approximate surface area is 103 Å². The van der Waals surface area contributed by atoms with Crippen molar-refractivity contribution in [2.24, 2.45) is 5.84 Å². The molecule has 0 saturated heterocycles. The van der Waals surface area contributed by atoms with Crippen molar-refractivity contribution < 1.29 is 9.59 Å². The maximum Gasteiger partial charge on any atom is 0.236 e. The number of carbonyl (C=O) groups excluding carboxylic acids is 2. The van der Waals surface area contributed by atoms with Crippen LogP contribution in [-0.2, 0) is 9.59 Å². The van der Waals surface area contributed by atoms with E-state index in [1.54, 1.807) is 19.0 Å². The van der Waals surface area contributed by atoms with Gasteiger partial charge in [-0.05, 0) is 25.9 Å². The van der Waals surface area contributed by atoms with E-state index < -0.39 is 0 Å². The van der Waals surface area contributed by atoms with E-state index in [1.165, 1.54) is 0 Å². The van der Waals surface area contributed by atoms with Crippen LogP contribution in [0.4, 0.5) is 0 Å². The molecule has 0 unspecified atom stereocenters. The van der Waals surface area contributed by atoms with Crippen LogP contribution in [0.3, 0.4) is 0 Å². The molecule has 0 rings (SSSR count). The fraction of sp³-hybridized carbons (Fsp3) is 0.818. The summed E-state index contributed by atoms with van der Waals surface area (Å²) in [6, 6.07) is 0. The van der Waals surface area contributed by atoms with Crippen LogP contribution in [0.25, 0.3) is 0 Å². The predicted molar refractivity (Wildman–Crippen MR) is 67.0 cm³/mol. The zero-order valence-electron chi connectivity index (χ0n) is 11.0. The Bertz CT molecular complexity index is 244. The summed E-state index contributed by atoms with van der Waals surface area (Å²) in [6.45, 7) is 4.08. The van der Waals surface area contributed by atoms with Crippen LogP contribution in [0, 0.1) is 0 Å². The van der Waals surface area contributed by atoms with E-state index in [0.29, 0.717) is 19.4 Å². The minimum atomic E-state index is -0.166. The number of nitrogens with two attached hydrogens (primary N) is 1. The van der Waals surface area contributed by atoms with Crippen LogP contribution in [0.15, 0.2) is 0 Å². The molecule has 0 fully saturated rings. The van der Waals surface area contributed by atoms with E-state index in [-0.39, 0.29) is 11.8 Å². The van der Waals surface area contributed by atoms with Crippen LogP contribution in [-0.4, -0.2) is 55.3 Å². The maximum atomic E-state index is 11.6. The molecule has 0 heterocycles. The molecule has 17 heavy (non-hydrogen) atoms. The molecule has 0 radical (unpaired) electrons. The zero-order valence-corrected chi connectivity index (χ0v) is 11.0. The minimum absolute atomic E-state index is 0.0849. The van der Waals surface area contributed by atoms with Crippen molar-refractivity contribution in [3.63, 3.8) is 0 Å². The van der Waals surface area contributed by atoms with E-state index in [9.17, 15) is 9.59 Å². The van der Waals surface area contributed by atoms with Crippen molar-refractivity contribution in [3.8, 4) is 0 Å². The Kier molecular flexibility index (Phi) is 8.35. The van der Waals surface area contributed by atoms with Gasteiger partial charge in [-0.2, -0.15) is 0 Å². The van der Waals surface area contributed by atoms with Crippen LogP contribution in [0.2, 0.25) is 0 Å². The molecule has 6 nitrogen and oxygen atoms in total. The first-order valence-electron chi connectivity index (χ1n) is 5.93. The SMILES string of the molecule is CCCN(CCCC(=O)NN)CC(=O)N(C)C. The topological polar surface area (TPSA) is 78.7 Å². The molecule has 3 N–H and O–H groups in total. The van der Waals surface area contributed by atoms with Gasteiger partial charge in [0.2, 0.25) is 11.8 Å². The highest BCUT2D eigenvalue weighted by Crippen LogP contribution is 1.98. The molecule has 0 bridgehead atoms. The third-order valence-corrected chi connectivity index (χ3v) is 2.44. The smallest absolute Gasteiger partial charge is 0.236 e. The van der Waals surface area contributed by atoms with Gasteiger partial charge in [0, 0.05) is 20.5 Å². The Balaban J connectivity index is 3.97. The highest BCUT2D eigenvalue weighted by molar-refractivity contribution is 5.77. The predicted octanol–water partition coefficient (Wildman–Crippen LogP) is -0.443. The highest BCUT2D eigenvalue weighted by Gasteiger charge is 2.11.